The number of benzene rings is 6. The number of nitrogens with one attached hydrogen (secondary N) is 10. The van der Waals surface area contributed by atoms with Crippen molar-refractivity contribution in [1.29, 1.82) is 5.41 Å². The number of fused-ring (bicyclic) bond motifs is 15. The normalized spacial score (nSPS) is 25.0. The molecule has 1 unspecified atom stereocenters. The molecule has 0 spiro atoms. The van der Waals surface area contributed by atoms with Crippen LogP contribution in [0.2, 0.25) is 10.0 Å². The third kappa shape index (κ3) is 20.7. The van der Waals surface area contributed by atoms with Gasteiger partial charge in [0, 0.05) is 35.9 Å². The molecule has 41 nitrogen and oxygen atoms in total. The van der Waals surface area contributed by atoms with Gasteiger partial charge >= 0.3 is 0 Å². The average molecular weight is 1740 g/mol. The smallest absolute Gasteiger partial charge is 0.256 e. The van der Waals surface area contributed by atoms with Crippen LogP contribution in [0, 0.1) is 11.3 Å². The van der Waals surface area contributed by atoms with E-state index in [9.17, 15) is 79.8 Å². The number of carbonyl (C=O) groups excluding carboxylic acids is 10. The molecule has 24 N–H and O–H groups in total. The van der Waals surface area contributed by atoms with Crippen LogP contribution in [0.5, 0.6) is 57.5 Å². The summed E-state index contributed by atoms with van der Waals surface area (Å²) in [6, 6.07) is 1.83. The number of ether oxygens (including phenoxy) is 9. The van der Waals surface area contributed by atoms with Crippen LogP contribution in [0.1, 0.15) is 109 Å². The van der Waals surface area contributed by atoms with E-state index in [1.165, 1.54) is 45.3 Å². The molecule has 0 aliphatic carbocycles. The van der Waals surface area contributed by atoms with Crippen LogP contribution in [0.25, 0.3) is 11.1 Å². The molecule has 17 atom stereocenters. The molecular weight excluding hydrogens is 1650 g/mol. The molecule has 43 heteroatoms. The molecule has 10 amide bonds. The summed E-state index contributed by atoms with van der Waals surface area (Å²) in [5, 5.41) is 146. The lowest BCUT2D eigenvalue weighted by Gasteiger charge is -2.44. The number of halogens is 2. The van der Waals surface area contributed by atoms with Crippen molar-refractivity contribution in [3.8, 4) is 68.6 Å². The second kappa shape index (κ2) is 39.4. The molecule has 6 aromatic carbocycles. The molecule has 13 rings (SSSR count). The van der Waals surface area contributed by atoms with E-state index in [0.717, 1.165) is 66.7 Å². The fraction of sp³-hybridized carbons (Fsp3) is 0.405. The number of aliphatic hydroxyl groups excluding tert-OH is 6. The number of phenolic OH excluding ortho intramolecular Hbond substituents is 3. The lowest BCUT2D eigenvalue weighted by Crippen LogP contribution is -2.62. The quantitative estimate of drug-likeness (QED) is 0.0278. The topological polar surface area (TPSA) is 640 Å². The maximum absolute atomic E-state index is 16.3. The summed E-state index contributed by atoms with van der Waals surface area (Å²) >= 11 is 14.3. The number of phenols is 4. The van der Waals surface area contributed by atoms with E-state index in [1.807, 2.05) is 13.8 Å². The van der Waals surface area contributed by atoms with Gasteiger partial charge in [-0.25, -0.2) is 0 Å². The molecule has 2 saturated heterocycles. The maximum Gasteiger partial charge on any atom is 0.256 e. The molecule has 122 heavy (non-hydrogen) atoms. The summed E-state index contributed by atoms with van der Waals surface area (Å²) in [4.78, 5) is 145. The van der Waals surface area contributed by atoms with Crippen LogP contribution >= 0.6 is 23.2 Å². The van der Waals surface area contributed by atoms with E-state index in [2.05, 4.69) is 47.9 Å². The summed E-state index contributed by atoms with van der Waals surface area (Å²) in [6.45, 7) is 2.32. The van der Waals surface area contributed by atoms with Crippen molar-refractivity contribution in [3.63, 3.8) is 0 Å². The van der Waals surface area contributed by atoms with E-state index >= 15 is 19.2 Å². The molecule has 0 radical (unpaired) electrons. The third-order valence-corrected chi connectivity index (χ3v) is 20.9. The molecule has 11 bridgehead atoms. The van der Waals surface area contributed by atoms with Crippen molar-refractivity contribution < 1.29 is 142 Å². The van der Waals surface area contributed by atoms with Gasteiger partial charge in [-0.1, -0.05) is 55.2 Å². The van der Waals surface area contributed by atoms with Crippen LogP contribution < -0.4 is 78.3 Å². The highest BCUT2D eigenvalue weighted by atomic mass is 35.5. The standard InChI is InChI=1S/C79H90Cl2N12O29/c1-30(2)18-43(85-4)72(107)92-61-64(101)33-7-11-47(39(80)20-33)118-50-22-35-23-51(69(50)122-79-70(68(105)67(104)52(28-94)120-79)121-55-26-41(82)63(100)31(3)117-55)119-48-12-8-34(21-40(48)81)65(102)62-78(113)91-60(74(109)86-14-15-115-16-17-116-29-54(99)87-42-9-13-49(114-5)57(66(42)103)71(84)106)38-24-36(95)25-46(97)56(38)37-19-32(6-10-45(37)96)58(75(110)93-62)90-76(111)59(35)89-73(108)44(27-53(83)98)88-77(61)112/h6-13,19-25,30-31,43-44,52,55,58-65,67-68,70,79,82,85,94-97,100-105H,14-18,26-29H2,1-5H3,(H2,83,98)(H2,84,106)(H,86,109)(H,87,99)(H,88,112)(H,89,108)(H,90,111)(H,91,113)(H,92,107)(H,93,110)/t31-,43-,44+,52+,55-,58-,59-,60-,61-,62+,63-,64-,65-,67-,68+,70+,79?/m1/s1. The highest BCUT2D eigenvalue weighted by molar-refractivity contribution is 6.32. The molecule has 654 valence electrons. The van der Waals surface area contributed by atoms with Gasteiger partial charge in [-0.15, -0.1) is 0 Å². The highest BCUT2D eigenvalue weighted by Crippen LogP contribution is 2.50. The first kappa shape index (κ1) is 90.9. The van der Waals surface area contributed by atoms with Gasteiger partial charge in [-0.2, -0.15) is 0 Å². The van der Waals surface area contributed by atoms with Crippen molar-refractivity contribution in [2.24, 2.45) is 17.4 Å². The first-order valence-corrected chi connectivity index (χ1v) is 38.7. The van der Waals surface area contributed by atoms with E-state index in [4.69, 9.17) is 82.7 Å². The number of rotatable bonds is 24. The minimum atomic E-state index is -2.39. The van der Waals surface area contributed by atoms with Crippen molar-refractivity contribution in [2.45, 2.75) is 144 Å². The summed E-state index contributed by atoms with van der Waals surface area (Å²) in [5.41, 5.74) is 7.51. The Labute approximate surface area is 703 Å². The molecule has 7 heterocycles. The zero-order chi connectivity index (χ0) is 88.6. The highest BCUT2D eigenvalue weighted by Gasteiger charge is 2.50. The number of hydrogen-bond acceptors (Lipinski definition) is 31. The van der Waals surface area contributed by atoms with Gasteiger partial charge in [0.1, 0.15) is 120 Å². The fourth-order valence-corrected chi connectivity index (χ4v) is 14.5. The Kier molecular flexibility index (Phi) is 29.3. The maximum atomic E-state index is 16.3. The Bertz CT molecular complexity index is 5030. The third-order valence-electron chi connectivity index (χ3n) is 20.3. The van der Waals surface area contributed by atoms with Crippen LogP contribution in [0.3, 0.4) is 0 Å². The first-order chi connectivity index (χ1) is 58.0. The van der Waals surface area contributed by atoms with Crippen LogP contribution in [0.15, 0.2) is 91.0 Å². The number of primary amides is 2. The predicted octanol–water partition coefficient (Wildman–Crippen LogP) is -0.0748. The van der Waals surface area contributed by atoms with Crippen LogP contribution in [-0.2, 0) is 66.8 Å². The van der Waals surface area contributed by atoms with Crippen molar-refractivity contribution in [3.05, 3.63) is 134 Å². The van der Waals surface area contributed by atoms with Crippen molar-refractivity contribution in [2.75, 3.05) is 59.1 Å². The van der Waals surface area contributed by atoms with Gasteiger partial charge in [-0.3, -0.25) is 47.9 Å². The Morgan fingerprint density at radius 2 is 1.32 bits per heavy atom. The van der Waals surface area contributed by atoms with E-state index in [0.29, 0.717) is 0 Å². The molecule has 6 aromatic rings. The fourth-order valence-electron chi connectivity index (χ4n) is 14.1. The van der Waals surface area contributed by atoms with Crippen LogP contribution in [0.4, 0.5) is 5.69 Å². The largest absolute Gasteiger partial charge is 0.508 e. The van der Waals surface area contributed by atoms with Gasteiger partial charge in [0.2, 0.25) is 65.2 Å². The summed E-state index contributed by atoms with van der Waals surface area (Å²) < 4.78 is 54.3. The van der Waals surface area contributed by atoms with Gasteiger partial charge in [-0.05, 0) is 121 Å². The summed E-state index contributed by atoms with van der Waals surface area (Å²) in [6.07, 6.45) is -19.4. The van der Waals surface area contributed by atoms with Gasteiger partial charge in [0.05, 0.1) is 67.8 Å². The second-order valence-electron chi connectivity index (χ2n) is 29.3. The molecule has 7 aliphatic rings. The SMILES string of the molecule is CN[C@H](CC(C)C)C(=O)N[C@H]1C(=O)N[C@@H](CC(N)=O)C(=O)N[C@H]2C(=O)N[C@H]3C(=O)N[C@H](C(=O)N[C@@H](C(=O)NCCOCCOCC(=O)Nc4ccc(OC)c(C(N)=O)c4O)c4cc(O)cc(O)c4-c4cc3ccc4O)[C@H](O)c3ccc(c(Cl)c3)Oc3cc2cc(c3OC2O[C@@H](CO)[C@@H](O)[C@H](O)[C@@H]2O[C@@H]2CC(=N)[C@H](O)[C@@H](C)O2)Oc2ccc(cc2Cl)[C@H]1O. The monoisotopic (exact) mass is 1740 g/mol. The summed E-state index contributed by atoms with van der Waals surface area (Å²) in [5.74, 6) is -18.1. The minimum Gasteiger partial charge on any atom is -0.508 e. The first-order valence-electron chi connectivity index (χ1n) is 37.9. The zero-order valence-corrected chi connectivity index (χ0v) is 67.1. The van der Waals surface area contributed by atoms with Gasteiger partial charge < -0.3 is 158 Å². The Hall–Kier alpha value is -11.8. The molecular formula is C79H90Cl2N12O29. The molecule has 0 saturated carbocycles. The number of carbonyl (C=O) groups is 10. The number of aliphatic hydroxyl groups is 6. The molecule has 2 fully saturated rings. The average Bonchev–Trinajstić information content (AvgIpc) is 0.759. The lowest BCUT2D eigenvalue weighted by molar-refractivity contribution is -0.322. The van der Waals surface area contributed by atoms with E-state index in [1.54, 1.807) is 0 Å². The predicted molar refractivity (Wildman–Crippen MR) is 423 cm³/mol. The van der Waals surface area contributed by atoms with E-state index < -0.39 is 262 Å². The lowest BCUT2D eigenvalue weighted by atomic mass is 9.89. The van der Waals surface area contributed by atoms with E-state index in [-0.39, 0.29) is 88.9 Å². The number of aromatic hydroxyl groups is 4. The van der Waals surface area contributed by atoms with Crippen molar-refractivity contribution in [1.82, 2.24) is 42.5 Å². The Morgan fingerprint density at radius 1 is 0.680 bits per heavy atom. The van der Waals surface area contributed by atoms with Gasteiger partial charge in [0.15, 0.2) is 29.6 Å². The number of amides is 10. The van der Waals surface area contributed by atoms with Gasteiger partial charge in [0.25, 0.3) is 5.91 Å². The van der Waals surface area contributed by atoms with Crippen LogP contribution in [-0.4, -0.2) is 243 Å². The number of hydrogen-bond donors (Lipinski definition) is 22. The minimum absolute atomic E-state index is 0.0535. The number of methoxy groups -OCH3 is 1. The number of nitrogens with two attached hydrogens (primary N) is 2. The van der Waals surface area contributed by atoms with Crippen molar-refractivity contribution >= 4 is 93.7 Å². The molecule has 0 aromatic heterocycles. The Balaban J connectivity index is 1.03. The molecule has 7 aliphatic heterocycles. The Morgan fingerprint density at radius 3 is 1.94 bits per heavy atom. The second-order valence-corrected chi connectivity index (χ2v) is 30.1. The number of likely N-dealkylation sites (N-methyl/N-ethyl adjacent to an activating group) is 1. The summed E-state index contributed by atoms with van der Waals surface area (Å²) in [7, 11) is 2.70. The zero-order valence-electron chi connectivity index (χ0n) is 65.6. The number of anilines is 1.